The van der Waals surface area contributed by atoms with Crippen molar-refractivity contribution in [1.29, 1.82) is 0 Å². The van der Waals surface area contributed by atoms with Crippen molar-refractivity contribution in [3.8, 4) is 45.3 Å². The fourth-order valence-electron chi connectivity index (χ4n) is 4.97. The van der Waals surface area contributed by atoms with Crippen LogP contribution in [0.15, 0.2) is 84.9 Å². The number of aryl methyl sites for hydroxylation is 2. The van der Waals surface area contributed by atoms with Crippen LogP contribution in [0, 0.1) is 0 Å². The number of aromatic amines is 2. The number of aromatic carboxylic acids is 2. The van der Waals surface area contributed by atoms with Gasteiger partial charge in [-0.05, 0) is 72.5 Å². The highest BCUT2D eigenvalue weighted by atomic mass is 35.5. The molecule has 0 bridgehead atoms. The highest BCUT2D eigenvalue weighted by molar-refractivity contribution is 6.31. The van der Waals surface area contributed by atoms with Crippen LogP contribution in [0.2, 0.25) is 10.0 Å². The molecule has 2 aromatic heterocycles. The summed E-state index contributed by atoms with van der Waals surface area (Å²) in [7, 11) is 0. The van der Waals surface area contributed by atoms with Crippen molar-refractivity contribution < 1.29 is 55.7 Å². The van der Waals surface area contributed by atoms with E-state index in [0.29, 0.717) is 33.6 Å². The van der Waals surface area contributed by atoms with E-state index in [1.165, 1.54) is 0 Å². The highest BCUT2D eigenvalue weighted by Gasteiger charge is 2.17. The number of nitrogens with one attached hydrogen (secondary N) is 2. The summed E-state index contributed by atoms with van der Waals surface area (Å²) in [5.74, 6) is -2.41. The molecule has 16 N–H and O–H groups in total. The number of aromatic hydroxyl groups is 2. The van der Waals surface area contributed by atoms with E-state index in [4.69, 9.17) is 66.6 Å². The molecule has 57 heavy (non-hydrogen) atoms. The molecule has 17 nitrogen and oxygen atoms in total. The van der Waals surface area contributed by atoms with Crippen molar-refractivity contribution in [3.05, 3.63) is 117 Å². The van der Waals surface area contributed by atoms with Gasteiger partial charge in [-0.2, -0.15) is 0 Å². The van der Waals surface area contributed by atoms with Crippen molar-refractivity contribution in [2.75, 3.05) is 22.9 Å². The Kier molecular flexibility index (Phi) is 17.1. The molecule has 0 atom stereocenters. The number of hydrogen-bond donors (Lipinski definition) is 8. The Balaban J connectivity index is 0.000000266. The smallest absolute Gasteiger partial charge is 0.342 e. The number of benzene rings is 4. The number of carboxylic acids is 2. The number of carboxylic acid groups (broad SMARTS) is 2. The van der Waals surface area contributed by atoms with E-state index in [9.17, 15) is 19.8 Å². The number of nitrogens with two attached hydrogens (primary N) is 4. The van der Waals surface area contributed by atoms with Gasteiger partial charge in [0, 0.05) is 10.0 Å². The summed E-state index contributed by atoms with van der Waals surface area (Å²) in [6.45, 7) is 4.03. The SMILES string of the molecule is CCc1nc(N)[nH+]c(N)c1-c1ccc(Cl)cc1.CCc1nc(N)[nH+]c(N)c1-c1ccc(Cl)cc1.O.O=C(O)c1cc([O-])cc(O)c1.O=C(O)c1cc([O-])cc(O)c1. The number of nitrogens with zero attached hydrogens (tertiary/aromatic N) is 2. The predicted octanol–water partition coefficient (Wildman–Crippen LogP) is 3.39. The lowest BCUT2D eigenvalue weighted by atomic mass is 10.0. The Labute approximate surface area is 335 Å². The molecule has 0 radical (unpaired) electrons. The van der Waals surface area contributed by atoms with Gasteiger partial charge in [0.2, 0.25) is 11.6 Å². The Morgan fingerprint density at radius 1 is 0.614 bits per heavy atom. The Hall–Kier alpha value is -7.08. The normalized spacial score (nSPS) is 9.89. The number of halogens is 2. The summed E-state index contributed by atoms with van der Waals surface area (Å²) in [5, 5.41) is 56.9. The summed E-state index contributed by atoms with van der Waals surface area (Å²) in [6.07, 6.45) is 1.53. The lowest BCUT2D eigenvalue weighted by molar-refractivity contribution is -0.346. The van der Waals surface area contributed by atoms with Crippen molar-refractivity contribution in [2.45, 2.75) is 26.7 Å². The number of phenols is 2. The van der Waals surface area contributed by atoms with Crippen molar-refractivity contribution in [2.24, 2.45) is 0 Å². The molecule has 0 aliphatic rings. The topological polar surface area (TPSA) is 351 Å². The summed E-state index contributed by atoms with van der Waals surface area (Å²) < 4.78 is 0. The van der Waals surface area contributed by atoms with E-state index in [1.54, 1.807) is 0 Å². The Bertz CT molecular complexity index is 2110. The van der Waals surface area contributed by atoms with Gasteiger partial charge in [0.1, 0.15) is 22.9 Å². The number of anilines is 4. The summed E-state index contributed by atoms with van der Waals surface area (Å²) in [5.41, 5.74) is 28.3. The first-order chi connectivity index (χ1) is 26.4. The maximum absolute atomic E-state index is 10.6. The molecule has 0 aliphatic carbocycles. The van der Waals surface area contributed by atoms with E-state index < -0.39 is 23.4 Å². The molecule has 2 heterocycles. The minimum absolute atomic E-state index is 0. The van der Waals surface area contributed by atoms with Crippen LogP contribution in [-0.4, -0.2) is 47.8 Å². The van der Waals surface area contributed by atoms with Crippen LogP contribution in [0.1, 0.15) is 46.0 Å². The van der Waals surface area contributed by atoms with E-state index in [0.717, 1.165) is 82.9 Å². The first kappa shape index (κ1) is 46.1. The van der Waals surface area contributed by atoms with E-state index in [-0.39, 0.29) is 28.1 Å². The molecular weight excluding hydrogens is 783 g/mol. The number of H-pyrrole nitrogens is 2. The van der Waals surface area contributed by atoms with Crippen LogP contribution in [-0.2, 0) is 12.8 Å². The molecule has 0 fully saturated rings. The standard InChI is InChI=1S/2C12H13ClN4.2C7H6O4.H2O/c2*1-2-9-10(11(14)17-12(15)16-9)7-3-5-8(13)6-4-7;2*8-5-1-4(7(10)11)2-6(9)3-5;/h2*3-6H,2H2,1H3,(H4,14,15,16,17);2*1-3,8-9H,(H,10,11);1H2. The maximum atomic E-state index is 10.6. The second-order valence-corrected chi connectivity index (χ2v) is 12.4. The molecule has 0 aliphatic heterocycles. The second kappa shape index (κ2) is 21.1. The molecule has 0 saturated heterocycles. The highest BCUT2D eigenvalue weighted by Crippen LogP contribution is 2.29. The average molecular weight is 824 g/mol. The zero-order chi connectivity index (χ0) is 41.7. The monoisotopic (exact) mass is 822 g/mol. The number of phenolic OH excluding ortho intramolecular Hbond substituents is 2. The van der Waals surface area contributed by atoms with Crippen molar-refractivity contribution in [3.63, 3.8) is 0 Å². The molecule has 0 saturated carbocycles. The minimum Gasteiger partial charge on any atom is -0.872 e. The van der Waals surface area contributed by atoms with Crippen LogP contribution in [0.25, 0.3) is 22.3 Å². The third kappa shape index (κ3) is 13.6. The predicted molar refractivity (Wildman–Crippen MR) is 212 cm³/mol. The van der Waals surface area contributed by atoms with Gasteiger partial charge in [0.25, 0.3) is 0 Å². The molecule has 19 heteroatoms. The zero-order valence-corrected chi connectivity index (χ0v) is 31.9. The van der Waals surface area contributed by atoms with Gasteiger partial charge < -0.3 is 59.1 Å². The third-order valence-electron chi connectivity index (χ3n) is 7.36. The van der Waals surface area contributed by atoms with Crippen LogP contribution < -0.4 is 43.1 Å². The van der Waals surface area contributed by atoms with Crippen molar-refractivity contribution >= 4 is 58.7 Å². The first-order valence-electron chi connectivity index (χ1n) is 16.4. The van der Waals surface area contributed by atoms with Crippen molar-refractivity contribution in [1.82, 2.24) is 9.97 Å². The molecule has 0 unspecified atom stereocenters. The number of aromatic nitrogens is 4. The number of rotatable bonds is 6. The lowest BCUT2D eigenvalue weighted by Crippen LogP contribution is -2.20. The Morgan fingerprint density at radius 2 is 0.930 bits per heavy atom. The fraction of sp³-hybridized carbons (Fsp3) is 0.105. The maximum Gasteiger partial charge on any atom is 0.342 e. The third-order valence-corrected chi connectivity index (χ3v) is 7.87. The van der Waals surface area contributed by atoms with E-state index in [1.807, 2.05) is 62.4 Å². The van der Waals surface area contributed by atoms with Gasteiger partial charge >= 0.3 is 23.8 Å². The quantitative estimate of drug-likeness (QED) is 0.119. The Morgan fingerprint density at radius 3 is 1.19 bits per heavy atom. The van der Waals surface area contributed by atoms with Gasteiger partial charge in [-0.15, -0.1) is 21.5 Å². The molecule has 4 aromatic carbocycles. The molecule has 0 spiro atoms. The van der Waals surface area contributed by atoms with Gasteiger partial charge in [-0.25, -0.2) is 19.6 Å². The summed E-state index contributed by atoms with van der Waals surface area (Å²) >= 11 is 11.7. The summed E-state index contributed by atoms with van der Waals surface area (Å²) in [4.78, 5) is 34.7. The molecular formula is C38H40Cl2N8O9. The second-order valence-electron chi connectivity index (χ2n) is 11.5. The zero-order valence-electron chi connectivity index (χ0n) is 30.4. The van der Waals surface area contributed by atoms with Gasteiger partial charge in [-0.3, -0.25) is 0 Å². The molecule has 6 aromatic rings. The number of carbonyl (C=O) groups is 2. The number of nitrogen functional groups attached to an aromatic ring is 4. The van der Waals surface area contributed by atoms with E-state index >= 15 is 0 Å². The first-order valence-corrected chi connectivity index (χ1v) is 17.1. The van der Waals surface area contributed by atoms with Crippen LogP contribution in [0.3, 0.4) is 0 Å². The fourth-order valence-corrected chi connectivity index (χ4v) is 5.22. The van der Waals surface area contributed by atoms with Crippen LogP contribution in [0.4, 0.5) is 23.5 Å². The van der Waals surface area contributed by atoms with Gasteiger partial charge in [0.15, 0.2) is 0 Å². The van der Waals surface area contributed by atoms with E-state index in [2.05, 4.69) is 19.9 Å². The van der Waals surface area contributed by atoms with Gasteiger partial charge in [0.05, 0.1) is 22.3 Å². The molecule has 6 rings (SSSR count). The minimum atomic E-state index is -1.22. The number of hydrogen-bond acceptors (Lipinski definition) is 12. The van der Waals surface area contributed by atoms with Crippen LogP contribution >= 0.6 is 23.2 Å². The largest absolute Gasteiger partial charge is 0.872 e. The van der Waals surface area contributed by atoms with Gasteiger partial charge in [-0.1, -0.05) is 73.4 Å². The molecule has 300 valence electrons. The summed E-state index contributed by atoms with van der Waals surface area (Å²) in [6, 6.07) is 20.8. The molecule has 0 amide bonds. The average Bonchev–Trinajstić information content (AvgIpc) is 3.12. The lowest BCUT2D eigenvalue weighted by Gasteiger charge is -2.07. The van der Waals surface area contributed by atoms with Crippen LogP contribution in [0.5, 0.6) is 23.0 Å².